The predicted molar refractivity (Wildman–Crippen MR) is 231 cm³/mol. The summed E-state index contributed by atoms with van der Waals surface area (Å²) in [7, 11) is 0. The van der Waals surface area contributed by atoms with Crippen LogP contribution in [0.25, 0.3) is 33.4 Å². The summed E-state index contributed by atoms with van der Waals surface area (Å²) in [6, 6.07) is 50.6. The van der Waals surface area contributed by atoms with Gasteiger partial charge in [0.15, 0.2) is 0 Å². The molecule has 2 spiro atoms. The minimum atomic E-state index is -0.131. The summed E-state index contributed by atoms with van der Waals surface area (Å²) in [5.41, 5.74) is 22.0. The minimum Gasteiger partial charge on any atom is -0.310 e. The molecule has 0 N–H and O–H groups in total. The molecule has 8 aliphatic rings. The highest BCUT2D eigenvalue weighted by atomic mass is 15.1. The third-order valence-electron chi connectivity index (χ3n) is 16.8. The SMILES string of the molecule is CC1(C)c2ccccc2-c2cccc(N(c3ccc4c(c3)C3(CCCCC3)c3ccccc3-4)c3ccc4c(c3)C3(c5ccccc5-4)C4CC5CC(C4)CC3C5)c21. The molecule has 1 heteroatoms. The molecule has 56 heavy (non-hydrogen) atoms. The first-order valence-electron chi connectivity index (χ1n) is 22.0. The van der Waals surface area contributed by atoms with E-state index in [0.717, 1.165) is 23.7 Å². The molecule has 0 aromatic heterocycles. The Labute approximate surface area is 332 Å². The second-order valence-electron chi connectivity index (χ2n) is 19.6. The van der Waals surface area contributed by atoms with Gasteiger partial charge in [-0.15, -0.1) is 0 Å². The fraction of sp³-hybridized carbons (Fsp3) is 0.345. The van der Waals surface area contributed by atoms with Crippen LogP contribution in [0.4, 0.5) is 17.1 Å². The Kier molecular flexibility index (Phi) is 6.42. The minimum absolute atomic E-state index is 0.101. The van der Waals surface area contributed by atoms with E-state index < -0.39 is 0 Å². The molecule has 0 aliphatic heterocycles. The molecule has 4 bridgehead atoms. The molecule has 8 aliphatic carbocycles. The van der Waals surface area contributed by atoms with Gasteiger partial charge in [-0.3, -0.25) is 0 Å². The molecular formula is C55H51N. The van der Waals surface area contributed by atoms with Crippen LogP contribution in [0.2, 0.25) is 0 Å². The van der Waals surface area contributed by atoms with Crippen LogP contribution < -0.4 is 4.90 Å². The molecule has 0 heterocycles. The molecule has 1 nitrogen and oxygen atoms in total. The predicted octanol–water partition coefficient (Wildman–Crippen LogP) is 14.4. The molecule has 0 saturated heterocycles. The Hall–Kier alpha value is -4.88. The van der Waals surface area contributed by atoms with Gasteiger partial charge in [0.2, 0.25) is 0 Å². The van der Waals surface area contributed by atoms with E-state index in [9.17, 15) is 0 Å². The fourth-order valence-electron chi connectivity index (χ4n) is 15.0. The monoisotopic (exact) mass is 725 g/mol. The summed E-state index contributed by atoms with van der Waals surface area (Å²) in [5.74, 6) is 3.34. The van der Waals surface area contributed by atoms with Crippen molar-refractivity contribution in [2.75, 3.05) is 4.90 Å². The largest absolute Gasteiger partial charge is 0.310 e. The first kappa shape index (κ1) is 32.2. The van der Waals surface area contributed by atoms with Gasteiger partial charge in [0, 0.05) is 27.6 Å². The van der Waals surface area contributed by atoms with Gasteiger partial charge in [-0.1, -0.05) is 130 Å². The molecule has 5 fully saturated rings. The van der Waals surface area contributed by atoms with Crippen LogP contribution in [0.5, 0.6) is 0 Å². The Morgan fingerprint density at radius 2 is 0.964 bits per heavy atom. The Bertz CT molecular complexity index is 2600. The van der Waals surface area contributed by atoms with Gasteiger partial charge in [0.1, 0.15) is 0 Å². The van der Waals surface area contributed by atoms with E-state index in [0.29, 0.717) is 0 Å². The van der Waals surface area contributed by atoms with Gasteiger partial charge >= 0.3 is 0 Å². The summed E-state index contributed by atoms with van der Waals surface area (Å²) in [6.45, 7) is 4.91. The third-order valence-corrected chi connectivity index (χ3v) is 16.8. The van der Waals surface area contributed by atoms with Crippen LogP contribution in [-0.2, 0) is 16.2 Å². The lowest BCUT2D eigenvalue weighted by Gasteiger charge is -2.61. The third kappa shape index (κ3) is 3.93. The van der Waals surface area contributed by atoms with Gasteiger partial charge < -0.3 is 4.90 Å². The van der Waals surface area contributed by atoms with Crippen LogP contribution in [0, 0.1) is 23.7 Å². The van der Waals surface area contributed by atoms with E-state index in [2.05, 4.69) is 146 Å². The number of nitrogens with zero attached hydrogens (tertiary/aromatic N) is 1. The second-order valence-corrected chi connectivity index (χ2v) is 19.6. The molecule has 0 unspecified atom stereocenters. The smallest absolute Gasteiger partial charge is 0.0508 e. The molecule has 276 valence electrons. The van der Waals surface area contributed by atoms with E-state index in [4.69, 9.17) is 0 Å². The van der Waals surface area contributed by atoms with Crippen LogP contribution in [0.1, 0.15) is 111 Å². The molecule has 6 aromatic rings. The summed E-state index contributed by atoms with van der Waals surface area (Å²) in [5, 5.41) is 0. The lowest BCUT2D eigenvalue weighted by Crippen LogP contribution is -2.55. The second kappa shape index (κ2) is 11.2. The quantitative estimate of drug-likeness (QED) is 0.176. The summed E-state index contributed by atoms with van der Waals surface area (Å²) in [6.07, 6.45) is 13.5. The summed E-state index contributed by atoms with van der Waals surface area (Å²) >= 11 is 0. The molecular weight excluding hydrogens is 675 g/mol. The van der Waals surface area contributed by atoms with Crippen molar-refractivity contribution in [3.8, 4) is 33.4 Å². The maximum absolute atomic E-state index is 2.71. The zero-order chi connectivity index (χ0) is 37.0. The first-order chi connectivity index (χ1) is 27.5. The molecule has 0 amide bonds. The highest BCUT2D eigenvalue weighted by Gasteiger charge is 2.61. The molecule has 0 radical (unpaired) electrons. The van der Waals surface area contributed by atoms with Crippen molar-refractivity contribution < 1.29 is 0 Å². The Morgan fingerprint density at radius 3 is 1.64 bits per heavy atom. The number of hydrogen-bond acceptors (Lipinski definition) is 1. The lowest BCUT2D eigenvalue weighted by atomic mass is 9.43. The fourth-order valence-corrected chi connectivity index (χ4v) is 15.0. The molecule has 6 aromatic carbocycles. The number of rotatable bonds is 3. The summed E-state index contributed by atoms with van der Waals surface area (Å²) < 4.78 is 0. The first-order valence-corrected chi connectivity index (χ1v) is 22.0. The average Bonchev–Trinajstić information content (AvgIpc) is 3.76. The molecule has 5 saturated carbocycles. The van der Waals surface area contributed by atoms with Crippen LogP contribution in [0.15, 0.2) is 127 Å². The Balaban J connectivity index is 1.06. The van der Waals surface area contributed by atoms with E-state index in [1.54, 1.807) is 22.3 Å². The molecule has 14 rings (SSSR count). The van der Waals surface area contributed by atoms with Crippen molar-refractivity contribution in [2.24, 2.45) is 23.7 Å². The van der Waals surface area contributed by atoms with Gasteiger partial charge in [0.25, 0.3) is 0 Å². The highest BCUT2D eigenvalue weighted by Crippen LogP contribution is 2.70. The zero-order valence-corrected chi connectivity index (χ0v) is 33.0. The van der Waals surface area contributed by atoms with Gasteiger partial charge in [-0.05, 0) is 166 Å². The van der Waals surface area contributed by atoms with Crippen molar-refractivity contribution >= 4 is 17.1 Å². The van der Waals surface area contributed by atoms with Crippen molar-refractivity contribution in [1.82, 2.24) is 0 Å². The maximum Gasteiger partial charge on any atom is 0.0508 e. The van der Waals surface area contributed by atoms with E-state index >= 15 is 0 Å². The van der Waals surface area contributed by atoms with E-state index in [-0.39, 0.29) is 16.2 Å². The lowest BCUT2D eigenvalue weighted by molar-refractivity contribution is -0.0399. The van der Waals surface area contributed by atoms with Gasteiger partial charge in [-0.25, -0.2) is 0 Å². The topological polar surface area (TPSA) is 3.24 Å². The van der Waals surface area contributed by atoms with Crippen molar-refractivity contribution in [3.63, 3.8) is 0 Å². The number of hydrogen-bond donors (Lipinski definition) is 0. The summed E-state index contributed by atoms with van der Waals surface area (Å²) in [4.78, 5) is 2.71. The molecule has 0 atom stereocenters. The van der Waals surface area contributed by atoms with Gasteiger partial charge in [0.05, 0.1) is 5.69 Å². The average molecular weight is 726 g/mol. The van der Waals surface area contributed by atoms with E-state index in [1.807, 2.05) is 0 Å². The number of anilines is 3. The van der Waals surface area contributed by atoms with Crippen molar-refractivity contribution in [1.29, 1.82) is 0 Å². The van der Waals surface area contributed by atoms with E-state index in [1.165, 1.54) is 126 Å². The normalized spacial score (nSPS) is 27.1. The maximum atomic E-state index is 2.71. The standard InChI is InChI=1S/C55H51N/c1-53(2)46-17-7-4-15-42(46)45-16-12-20-51(52(45)53)56(38-21-23-43-40-13-5-8-18-47(40)54(49(43)32-38)25-10-3-11-26-54)39-22-24-44-41-14-6-9-19-48(41)55(50(44)33-39)36-28-34-27-35(30-36)31-37(55)29-34/h4-9,12-24,32-37H,3,10-11,25-31H2,1-2H3. The Morgan fingerprint density at radius 1 is 0.446 bits per heavy atom. The van der Waals surface area contributed by atoms with Gasteiger partial charge in [-0.2, -0.15) is 0 Å². The zero-order valence-electron chi connectivity index (χ0n) is 33.0. The number of benzene rings is 6. The van der Waals surface area contributed by atoms with Crippen LogP contribution in [-0.4, -0.2) is 0 Å². The highest BCUT2D eigenvalue weighted by molar-refractivity contribution is 5.93. The van der Waals surface area contributed by atoms with Crippen molar-refractivity contribution in [2.45, 2.75) is 94.3 Å². The number of fused-ring (bicyclic) bond motifs is 11. The van der Waals surface area contributed by atoms with Crippen LogP contribution >= 0.6 is 0 Å². The van der Waals surface area contributed by atoms with Crippen molar-refractivity contribution in [3.05, 3.63) is 161 Å². The van der Waals surface area contributed by atoms with Crippen LogP contribution in [0.3, 0.4) is 0 Å².